The molecule has 0 saturated heterocycles. The highest BCUT2D eigenvalue weighted by molar-refractivity contribution is 5.93. The molecule has 0 aliphatic carbocycles. The summed E-state index contributed by atoms with van der Waals surface area (Å²) in [6.45, 7) is 0. The van der Waals surface area contributed by atoms with Gasteiger partial charge in [-0.2, -0.15) is 0 Å². The first kappa shape index (κ1) is 8.50. The van der Waals surface area contributed by atoms with Crippen LogP contribution < -0.4 is 11.3 Å². The number of benzene rings is 1. The van der Waals surface area contributed by atoms with Crippen LogP contribution in [0.4, 0.5) is 5.69 Å². The molecule has 2 rings (SSSR count). The SMILES string of the molecule is N=Cc1cc2ccc(=O)[nH]c2cc1N. The zero-order chi connectivity index (χ0) is 10.1. The normalized spacial score (nSPS) is 10.3. The Balaban J connectivity index is 2.85. The van der Waals surface area contributed by atoms with Gasteiger partial charge < -0.3 is 16.1 Å². The van der Waals surface area contributed by atoms with Crippen LogP contribution >= 0.6 is 0 Å². The zero-order valence-electron chi connectivity index (χ0n) is 7.37. The summed E-state index contributed by atoms with van der Waals surface area (Å²) in [5, 5.41) is 8.00. The number of aromatic nitrogens is 1. The third-order valence-corrected chi connectivity index (χ3v) is 2.08. The van der Waals surface area contributed by atoms with Gasteiger partial charge in [0.2, 0.25) is 5.56 Å². The van der Waals surface area contributed by atoms with E-state index in [-0.39, 0.29) is 5.56 Å². The minimum Gasteiger partial charge on any atom is -0.398 e. The Morgan fingerprint density at radius 3 is 2.86 bits per heavy atom. The molecule has 0 fully saturated rings. The van der Waals surface area contributed by atoms with Gasteiger partial charge in [-0.15, -0.1) is 0 Å². The summed E-state index contributed by atoms with van der Waals surface area (Å²) in [5.74, 6) is 0. The van der Waals surface area contributed by atoms with Gasteiger partial charge in [-0.05, 0) is 23.6 Å². The van der Waals surface area contributed by atoms with Gasteiger partial charge >= 0.3 is 0 Å². The van der Waals surface area contributed by atoms with Gasteiger partial charge in [-0.25, -0.2) is 0 Å². The van der Waals surface area contributed by atoms with Crippen LogP contribution in [0.15, 0.2) is 29.1 Å². The molecule has 1 aromatic heterocycles. The van der Waals surface area contributed by atoms with Crippen LogP contribution in [0.1, 0.15) is 5.56 Å². The van der Waals surface area contributed by atoms with Gasteiger partial charge in [0.1, 0.15) is 0 Å². The first-order valence-corrected chi connectivity index (χ1v) is 4.14. The molecule has 0 amide bonds. The lowest BCUT2D eigenvalue weighted by Crippen LogP contribution is -2.03. The zero-order valence-corrected chi connectivity index (χ0v) is 7.37. The van der Waals surface area contributed by atoms with Crippen molar-refractivity contribution in [3.63, 3.8) is 0 Å². The van der Waals surface area contributed by atoms with Gasteiger partial charge in [0, 0.05) is 23.5 Å². The third kappa shape index (κ3) is 1.26. The molecule has 0 unspecified atom stereocenters. The molecule has 0 aliphatic heterocycles. The first-order chi connectivity index (χ1) is 6.70. The van der Waals surface area contributed by atoms with Crippen LogP contribution in [-0.4, -0.2) is 11.2 Å². The fourth-order valence-electron chi connectivity index (χ4n) is 1.36. The molecule has 0 aliphatic rings. The van der Waals surface area contributed by atoms with Crippen LogP contribution in [0.3, 0.4) is 0 Å². The van der Waals surface area contributed by atoms with E-state index in [4.69, 9.17) is 11.1 Å². The van der Waals surface area contributed by atoms with E-state index in [1.54, 1.807) is 18.2 Å². The summed E-state index contributed by atoms with van der Waals surface area (Å²) in [5.41, 5.74) is 7.37. The van der Waals surface area contributed by atoms with Crippen molar-refractivity contribution in [3.8, 4) is 0 Å². The number of anilines is 1. The van der Waals surface area contributed by atoms with Crippen molar-refractivity contribution in [1.82, 2.24) is 4.98 Å². The fourth-order valence-corrected chi connectivity index (χ4v) is 1.36. The van der Waals surface area contributed by atoms with Gasteiger partial charge in [0.05, 0.1) is 5.52 Å². The topological polar surface area (TPSA) is 82.7 Å². The number of rotatable bonds is 1. The Hall–Kier alpha value is -2.10. The second kappa shape index (κ2) is 2.99. The van der Waals surface area contributed by atoms with Crippen LogP contribution in [-0.2, 0) is 0 Å². The molecule has 0 atom stereocenters. The second-order valence-corrected chi connectivity index (χ2v) is 3.04. The predicted molar refractivity (Wildman–Crippen MR) is 56.9 cm³/mol. The molecule has 4 nitrogen and oxygen atoms in total. The lowest BCUT2D eigenvalue weighted by molar-refractivity contribution is 1.31. The molecular weight excluding hydrogens is 178 g/mol. The van der Waals surface area contributed by atoms with Crippen LogP contribution in [0.2, 0.25) is 0 Å². The van der Waals surface area contributed by atoms with Gasteiger partial charge in [-0.3, -0.25) is 4.79 Å². The van der Waals surface area contributed by atoms with Crippen molar-refractivity contribution < 1.29 is 0 Å². The standard InChI is InChI=1S/C10H9N3O/c11-5-7-3-6-1-2-10(14)13-9(6)4-8(7)12/h1-5,11H,12H2,(H,13,14). The number of nitrogens with one attached hydrogen (secondary N) is 2. The maximum absolute atomic E-state index is 11.0. The molecule has 2 aromatic rings. The molecule has 4 heteroatoms. The number of hydrogen-bond donors (Lipinski definition) is 3. The van der Waals surface area contributed by atoms with Crippen molar-refractivity contribution >= 4 is 22.8 Å². The molecule has 0 bridgehead atoms. The average molecular weight is 187 g/mol. The Kier molecular flexibility index (Phi) is 1.81. The molecule has 1 heterocycles. The second-order valence-electron chi connectivity index (χ2n) is 3.04. The van der Waals surface area contributed by atoms with Crippen molar-refractivity contribution in [1.29, 1.82) is 5.41 Å². The van der Waals surface area contributed by atoms with E-state index in [9.17, 15) is 4.79 Å². The minimum absolute atomic E-state index is 0.153. The summed E-state index contributed by atoms with van der Waals surface area (Å²) < 4.78 is 0. The summed E-state index contributed by atoms with van der Waals surface area (Å²) in [6.07, 6.45) is 1.19. The van der Waals surface area contributed by atoms with Gasteiger partial charge in [-0.1, -0.05) is 0 Å². The highest BCUT2D eigenvalue weighted by Crippen LogP contribution is 2.17. The fraction of sp³-hybridized carbons (Fsp3) is 0. The maximum Gasteiger partial charge on any atom is 0.248 e. The lowest BCUT2D eigenvalue weighted by Gasteiger charge is -2.02. The summed E-state index contributed by atoms with van der Waals surface area (Å²) in [6, 6.07) is 6.59. The highest BCUT2D eigenvalue weighted by atomic mass is 16.1. The molecule has 70 valence electrons. The molecular formula is C10H9N3O. The summed E-state index contributed by atoms with van der Waals surface area (Å²) in [7, 11) is 0. The van der Waals surface area contributed by atoms with E-state index in [0.717, 1.165) is 5.39 Å². The molecule has 0 radical (unpaired) electrons. The maximum atomic E-state index is 11.0. The summed E-state index contributed by atoms with van der Waals surface area (Å²) >= 11 is 0. The minimum atomic E-state index is -0.153. The van der Waals surface area contributed by atoms with Crippen molar-refractivity contribution in [2.45, 2.75) is 0 Å². The monoisotopic (exact) mass is 187 g/mol. The predicted octanol–water partition coefficient (Wildman–Crippen LogP) is 1.11. The van der Waals surface area contributed by atoms with E-state index >= 15 is 0 Å². The largest absolute Gasteiger partial charge is 0.398 e. The van der Waals surface area contributed by atoms with Crippen LogP contribution in [0.5, 0.6) is 0 Å². The Morgan fingerprint density at radius 1 is 1.36 bits per heavy atom. The van der Waals surface area contributed by atoms with E-state index < -0.39 is 0 Å². The Morgan fingerprint density at radius 2 is 2.14 bits per heavy atom. The number of nitrogens with two attached hydrogens (primary N) is 1. The van der Waals surface area contributed by atoms with E-state index in [2.05, 4.69) is 4.98 Å². The van der Waals surface area contributed by atoms with E-state index in [1.165, 1.54) is 12.3 Å². The number of hydrogen-bond acceptors (Lipinski definition) is 3. The van der Waals surface area contributed by atoms with E-state index in [1.807, 2.05) is 0 Å². The molecule has 0 saturated carbocycles. The number of aromatic amines is 1. The number of H-pyrrole nitrogens is 1. The molecule has 14 heavy (non-hydrogen) atoms. The number of nitrogen functional groups attached to an aromatic ring is 1. The molecule has 4 N–H and O–H groups in total. The number of pyridine rings is 1. The van der Waals surface area contributed by atoms with Gasteiger partial charge in [0.15, 0.2) is 0 Å². The van der Waals surface area contributed by atoms with Crippen molar-refractivity contribution in [3.05, 3.63) is 40.2 Å². The molecule has 0 spiro atoms. The lowest BCUT2D eigenvalue weighted by atomic mass is 10.1. The summed E-state index contributed by atoms with van der Waals surface area (Å²) in [4.78, 5) is 13.7. The Bertz CT molecular complexity index is 557. The first-order valence-electron chi connectivity index (χ1n) is 4.14. The molecule has 1 aromatic carbocycles. The number of fused-ring (bicyclic) bond motifs is 1. The van der Waals surface area contributed by atoms with Crippen molar-refractivity contribution in [2.24, 2.45) is 0 Å². The van der Waals surface area contributed by atoms with Gasteiger partial charge in [0.25, 0.3) is 0 Å². The third-order valence-electron chi connectivity index (χ3n) is 2.08. The van der Waals surface area contributed by atoms with Crippen LogP contribution in [0.25, 0.3) is 10.9 Å². The average Bonchev–Trinajstić information content (AvgIpc) is 2.16. The van der Waals surface area contributed by atoms with E-state index in [0.29, 0.717) is 16.8 Å². The van der Waals surface area contributed by atoms with Crippen LogP contribution in [0, 0.1) is 5.41 Å². The highest BCUT2D eigenvalue weighted by Gasteiger charge is 2.00. The van der Waals surface area contributed by atoms with Crippen molar-refractivity contribution in [2.75, 3.05) is 5.73 Å². The quantitative estimate of drug-likeness (QED) is 0.461. The Labute approximate surface area is 79.9 Å². The smallest absolute Gasteiger partial charge is 0.248 e.